The SMILES string of the molecule is NC(N)=NCC(NS(=O)(=O)c1ccccc1)C(=O)O. The minimum Gasteiger partial charge on any atom is -0.480 e. The zero-order chi connectivity index (χ0) is 14.5. The minimum atomic E-state index is -3.93. The lowest BCUT2D eigenvalue weighted by Gasteiger charge is -2.12. The number of hydrogen-bond donors (Lipinski definition) is 4. The second-order valence-electron chi connectivity index (χ2n) is 3.59. The van der Waals surface area contributed by atoms with E-state index < -0.39 is 22.0 Å². The topological polar surface area (TPSA) is 148 Å². The molecule has 6 N–H and O–H groups in total. The molecule has 0 radical (unpaired) electrons. The number of guanidine groups is 1. The Morgan fingerprint density at radius 2 is 1.89 bits per heavy atom. The molecule has 0 aromatic heterocycles. The largest absolute Gasteiger partial charge is 0.480 e. The number of nitrogens with two attached hydrogens (primary N) is 2. The van der Waals surface area contributed by atoms with Crippen molar-refractivity contribution in [2.45, 2.75) is 10.9 Å². The average Bonchev–Trinajstić information content (AvgIpc) is 2.35. The number of carboxylic acid groups (broad SMARTS) is 1. The van der Waals surface area contributed by atoms with Crippen molar-refractivity contribution in [1.82, 2.24) is 4.72 Å². The van der Waals surface area contributed by atoms with Gasteiger partial charge in [0, 0.05) is 0 Å². The second kappa shape index (κ2) is 6.16. The zero-order valence-electron chi connectivity index (χ0n) is 9.85. The van der Waals surface area contributed by atoms with Gasteiger partial charge in [0.25, 0.3) is 0 Å². The van der Waals surface area contributed by atoms with E-state index in [0.29, 0.717) is 0 Å². The molecule has 19 heavy (non-hydrogen) atoms. The van der Waals surface area contributed by atoms with Gasteiger partial charge in [0.1, 0.15) is 6.04 Å². The van der Waals surface area contributed by atoms with Gasteiger partial charge >= 0.3 is 5.97 Å². The molecule has 1 unspecified atom stereocenters. The third-order valence-corrected chi connectivity index (χ3v) is 3.59. The summed E-state index contributed by atoms with van der Waals surface area (Å²) in [5, 5.41) is 8.92. The van der Waals surface area contributed by atoms with Crippen LogP contribution >= 0.6 is 0 Å². The number of carbonyl (C=O) groups is 1. The van der Waals surface area contributed by atoms with Crippen LogP contribution in [0.1, 0.15) is 0 Å². The first-order valence-electron chi connectivity index (χ1n) is 5.18. The summed E-state index contributed by atoms with van der Waals surface area (Å²) in [6.07, 6.45) is 0. The molecule has 8 nitrogen and oxygen atoms in total. The van der Waals surface area contributed by atoms with Gasteiger partial charge in [-0.15, -0.1) is 0 Å². The van der Waals surface area contributed by atoms with Gasteiger partial charge < -0.3 is 16.6 Å². The van der Waals surface area contributed by atoms with Crippen LogP contribution in [0.3, 0.4) is 0 Å². The van der Waals surface area contributed by atoms with Gasteiger partial charge in [0.05, 0.1) is 11.4 Å². The van der Waals surface area contributed by atoms with Crippen molar-refractivity contribution in [2.75, 3.05) is 6.54 Å². The predicted octanol–water partition coefficient (Wildman–Crippen LogP) is -1.31. The fourth-order valence-electron chi connectivity index (χ4n) is 1.22. The quantitative estimate of drug-likeness (QED) is 0.377. The van der Waals surface area contributed by atoms with Crippen molar-refractivity contribution in [3.05, 3.63) is 30.3 Å². The van der Waals surface area contributed by atoms with E-state index in [-0.39, 0.29) is 17.4 Å². The lowest BCUT2D eigenvalue weighted by Crippen LogP contribution is -2.43. The van der Waals surface area contributed by atoms with Crippen LogP contribution in [-0.2, 0) is 14.8 Å². The smallest absolute Gasteiger partial charge is 0.323 e. The first-order valence-corrected chi connectivity index (χ1v) is 6.67. The molecular weight excluding hydrogens is 272 g/mol. The molecule has 0 amide bonds. The summed E-state index contributed by atoms with van der Waals surface area (Å²) in [6, 6.07) is 5.96. The van der Waals surface area contributed by atoms with Crippen molar-refractivity contribution in [1.29, 1.82) is 0 Å². The molecule has 1 aromatic carbocycles. The van der Waals surface area contributed by atoms with Gasteiger partial charge in [0.15, 0.2) is 5.96 Å². The van der Waals surface area contributed by atoms with Crippen molar-refractivity contribution < 1.29 is 18.3 Å². The summed E-state index contributed by atoms with van der Waals surface area (Å²) in [6.45, 7) is -0.385. The van der Waals surface area contributed by atoms with Crippen molar-refractivity contribution in [3.63, 3.8) is 0 Å². The number of hydrogen-bond acceptors (Lipinski definition) is 4. The maximum Gasteiger partial charge on any atom is 0.323 e. The van der Waals surface area contributed by atoms with Gasteiger partial charge in [-0.2, -0.15) is 4.72 Å². The van der Waals surface area contributed by atoms with Gasteiger partial charge in [-0.3, -0.25) is 9.79 Å². The van der Waals surface area contributed by atoms with E-state index in [1.807, 2.05) is 4.72 Å². The van der Waals surface area contributed by atoms with Crippen LogP contribution in [0.5, 0.6) is 0 Å². The number of rotatable bonds is 6. The number of sulfonamides is 1. The Morgan fingerprint density at radius 1 is 1.32 bits per heavy atom. The van der Waals surface area contributed by atoms with Crippen molar-refractivity contribution >= 4 is 22.0 Å². The standard InChI is InChI=1S/C10H14N4O4S/c11-10(12)13-6-8(9(15)16)14-19(17,18)7-4-2-1-3-5-7/h1-5,8,14H,6H2,(H,15,16)(H4,11,12,13). The summed E-state index contributed by atoms with van der Waals surface area (Å²) >= 11 is 0. The Labute approximate surface area is 110 Å². The van der Waals surface area contributed by atoms with E-state index in [1.54, 1.807) is 6.07 Å². The normalized spacial score (nSPS) is 12.6. The number of nitrogens with zero attached hydrogens (tertiary/aromatic N) is 1. The number of aliphatic imine (C=N–C) groups is 1. The Morgan fingerprint density at radius 3 is 2.37 bits per heavy atom. The molecule has 1 rings (SSSR count). The van der Waals surface area contributed by atoms with Gasteiger partial charge in [-0.25, -0.2) is 8.42 Å². The highest BCUT2D eigenvalue weighted by atomic mass is 32.2. The van der Waals surface area contributed by atoms with E-state index in [9.17, 15) is 13.2 Å². The van der Waals surface area contributed by atoms with Crippen molar-refractivity contribution in [3.8, 4) is 0 Å². The molecule has 104 valence electrons. The number of nitrogens with one attached hydrogen (secondary N) is 1. The van der Waals surface area contributed by atoms with E-state index >= 15 is 0 Å². The second-order valence-corrected chi connectivity index (χ2v) is 5.30. The third kappa shape index (κ3) is 4.56. The minimum absolute atomic E-state index is 0.0362. The molecule has 0 aliphatic carbocycles. The van der Waals surface area contributed by atoms with E-state index in [4.69, 9.17) is 16.6 Å². The molecule has 0 fully saturated rings. The Kier molecular flexibility index (Phi) is 4.84. The van der Waals surface area contributed by atoms with E-state index in [2.05, 4.69) is 4.99 Å². The molecular formula is C10H14N4O4S. The first-order chi connectivity index (χ1) is 8.83. The summed E-state index contributed by atoms with van der Waals surface area (Å²) in [5.41, 5.74) is 10.1. The fourth-order valence-corrected chi connectivity index (χ4v) is 2.42. The number of benzene rings is 1. The summed E-state index contributed by atoms with van der Waals surface area (Å²) in [4.78, 5) is 14.4. The Balaban J connectivity index is 2.91. The van der Waals surface area contributed by atoms with Gasteiger partial charge in [-0.05, 0) is 12.1 Å². The molecule has 1 aromatic rings. The summed E-state index contributed by atoms with van der Waals surface area (Å²) in [7, 11) is -3.93. The maximum atomic E-state index is 11.9. The zero-order valence-corrected chi connectivity index (χ0v) is 10.7. The molecule has 0 heterocycles. The fraction of sp³-hybridized carbons (Fsp3) is 0.200. The predicted molar refractivity (Wildman–Crippen MR) is 68.9 cm³/mol. The van der Waals surface area contributed by atoms with Crippen LogP contribution in [-0.4, -0.2) is 38.0 Å². The van der Waals surface area contributed by atoms with Gasteiger partial charge in [-0.1, -0.05) is 18.2 Å². The van der Waals surface area contributed by atoms with Crippen LogP contribution in [0.25, 0.3) is 0 Å². The molecule has 9 heteroatoms. The van der Waals surface area contributed by atoms with E-state index in [0.717, 1.165) is 0 Å². The summed E-state index contributed by atoms with van der Waals surface area (Å²) in [5.74, 6) is -1.69. The molecule has 0 spiro atoms. The highest BCUT2D eigenvalue weighted by Gasteiger charge is 2.24. The third-order valence-electron chi connectivity index (χ3n) is 2.11. The molecule has 0 aliphatic heterocycles. The molecule has 0 saturated carbocycles. The highest BCUT2D eigenvalue weighted by Crippen LogP contribution is 2.08. The van der Waals surface area contributed by atoms with Crippen LogP contribution in [0, 0.1) is 0 Å². The van der Waals surface area contributed by atoms with Crippen LogP contribution in [0.15, 0.2) is 40.2 Å². The van der Waals surface area contributed by atoms with Gasteiger partial charge in [0.2, 0.25) is 10.0 Å². The molecule has 0 aliphatic rings. The van der Waals surface area contributed by atoms with E-state index in [1.165, 1.54) is 24.3 Å². The Hall–Kier alpha value is -2.13. The monoisotopic (exact) mass is 286 g/mol. The molecule has 0 bridgehead atoms. The average molecular weight is 286 g/mol. The van der Waals surface area contributed by atoms with Crippen LogP contribution in [0.4, 0.5) is 0 Å². The van der Waals surface area contributed by atoms with Crippen LogP contribution in [0.2, 0.25) is 0 Å². The maximum absolute atomic E-state index is 11.9. The Bertz CT molecular complexity index is 566. The van der Waals surface area contributed by atoms with Crippen LogP contribution < -0.4 is 16.2 Å². The molecule has 1 atom stereocenters. The number of aliphatic carboxylic acids is 1. The lowest BCUT2D eigenvalue weighted by molar-refractivity contribution is -0.138. The number of carboxylic acids is 1. The first kappa shape index (κ1) is 14.9. The summed E-state index contributed by atoms with van der Waals surface area (Å²) < 4.78 is 25.8. The highest BCUT2D eigenvalue weighted by molar-refractivity contribution is 7.89. The molecule has 0 saturated heterocycles. The lowest BCUT2D eigenvalue weighted by atomic mass is 10.3. The van der Waals surface area contributed by atoms with Crippen molar-refractivity contribution in [2.24, 2.45) is 16.5 Å².